The van der Waals surface area contributed by atoms with Gasteiger partial charge in [0.2, 0.25) is 0 Å². The molecule has 1 amide bonds. The summed E-state index contributed by atoms with van der Waals surface area (Å²) in [4.78, 5) is 19.9. The van der Waals surface area contributed by atoms with E-state index < -0.39 is 5.91 Å². The van der Waals surface area contributed by atoms with E-state index in [0.717, 1.165) is 16.2 Å². The number of rotatable bonds is 3. The fraction of sp³-hybridized carbons (Fsp3) is 0.0833. The molecule has 0 aliphatic rings. The molecular formula is C12H10N4OS. The highest BCUT2D eigenvalue weighted by molar-refractivity contribution is 7.13. The second kappa shape index (κ2) is 4.23. The van der Waals surface area contributed by atoms with Crippen molar-refractivity contribution in [1.29, 1.82) is 0 Å². The normalized spacial score (nSPS) is 10.9. The molecule has 2 N–H and O–H groups in total. The zero-order valence-corrected chi connectivity index (χ0v) is 10.2. The maximum absolute atomic E-state index is 11.0. The van der Waals surface area contributed by atoms with Crippen molar-refractivity contribution in [2.75, 3.05) is 0 Å². The Morgan fingerprint density at radius 2 is 2.28 bits per heavy atom. The monoisotopic (exact) mass is 258 g/mol. The van der Waals surface area contributed by atoms with Crippen LogP contribution in [0.4, 0.5) is 0 Å². The predicted octanol–water partition coefficient (Wildman–Crippen LogP) is 1.48. The van der Waals surface area contributed by atoms with Crippen molar-refractivity contribution in [2.45, 2.75) is 6.42 Å². The van der Waals surface area contributed by atoms with Gasteiger partial charge in [0.15, 0.2) is 0 Å². The minimum absolute atomic E-state index is 0.427. The number of carbonyl (C=O) groups excluding carboxylic acids is 1. The molecule has 0 aromatic carbocycles. The van der Waals surface area contributed by atoms with Gasteiger partial charge in [0.1, 0.15) is 10.5 Å². The summed E-state index contributed by atoms with van der Waals surface area (Å²) in [6.07, 6.45) is 7.88. The van der Waals surface area contributed by atoms with Gasteiger partial charge in [0, 0.05) is 25.0 Å². The molecule has 0 unspecified atom stereocenters. The van der Waals surface area contributed by atoms with Gasteiger partial charge in [0.05, 0.1) is 11.2 Å². The van der Waals surface area contributed by atoms with Crippen molar-refractivity contribution in [3.8, 4) is 0 Å². The highest BCUT2D eigenvalue weighted by Crippen LogP contribution is 2.16. The van der Waals surface area contributed by atoms with Crippen LogP contribution in [-0.4, -0.2) is 20.3 Å². The number of nitrogens with zero attached hydrogens (tertiary/aromatic N) is 3. The Kier molecular flexibility index (Phi) is 2.56. The number of aromatic nitrogens is 3. The third kappa shape index (κ3) is 1.98. The molecule has 5 nitrogen and oxygen atoms in total. The van der Waals surface area contributed by atoms with Gasteiger partial charge < -0.3 is 10.1 Å². The lowest BCUT2D eigenvalue weighted by Crippen LogP contribution is -2.08. The molecule has 0 spiro atoms. The average molecular weight is 258 g/mol. The summed E-state index contributed by atoms with van der Waals surface area (Å²) in [6.45, 7) is 0. The van der Waals surface area contributed by atoms with Crippen LogP contribution >= 0.6 is 11.3 Å². The van der Waals surface area contributed by atoms with Crippen LogP contribution in [0.2, 0.25) is 0 Å². The summed E-state index contributed by atoms with van der Waals surface area (Å²) in [5.74, 6) is -0.427. The summed E-state index contributed by atoms with van der Waals surface area (Å²) < 4.78 is 1.96. The minimum Gasteiger partial charge on any atom is -0.365 e. The summed E-state index contributed by atoms with van der Waals surface area (Å²) in [5.41, 5.74) is 7.23. The fourth-order valence-corrected chi connectivity index (χ4v) is 2.56. The number of hydrogen-bond donors (Lipinski definition) is 1. The van der Waals surface area contributed by atoms with E-state index in [1.165, 1.54) is 17.5 Å². The molecule has 0 radical (unpaired) electrons. The van der Waals surface area contributed by atoms with Gasteiger partial charge in [-0.15, -0.1) is 11.3 Å². The number of fused-ring (bicyclic) bond motifs is 1. The van der Waals surface area contributed by atoms with Crippen molar-refractivity contribution < 1.29 is 4.79 Å². The first-order valence-electron chi connectivity index (χ1n) is 5.38. The number of nitrogens with two attached hydrogens (primary N) is 1. The Hall–Kier alpha value is -2.21. The summed E-state index contributed by atoms with van der Waals surface area (Å²) >= 11 is 1.33. The van der Waals surface area contributed by atoms with Gasteiger partial charge in [-0.25, -0.2) is 9.97 Å². The van der Waals surface area contributed by atoms with Crippen molar-refractivity contribution in [2.24, 2.45) is 5.73 Å². The molecule has 3 aromatic heterocycles. The molecule has 0 aliphatic carbocycles. The topological polar surface area (TPSA) is 73.3 Å². The standard InChI is InChI=1S/C12H10N4OS/c13-12(17)9-6-15-11(18-9)5-8-1-2-10-14-3-4-16(10)7-8/h1-4,6-7H,5H2,(H2,13,17). The third-order valence-corrected chi connectivity index (χ3v) is 3.61. The van der Waals surface area contributed by atoms with Crippen molar-refractivity contribution in [3.05, 3.63) is 52.4 Å². The van der Waals surface area contributed by atoms with E-state index in [-0.39, 0.29) is 0 Å². The molecule has 0 saturated heterocycles. The van der Waals surface area contributed by atoms with Crippen LogP contribution in [0.1, 0.15) is 20.2 Å². The van der Waals surface area contributed by atoms with Crippen LogP contribution in [0.3, 0.4) is 0 Å². The molecule has 0 saturated carbocycles. The summed E-state index contributed by atoms with van der Waals surface area (Å²) in [5, 5.41) is 0.878. The van der Waals surface area contributed by atoms with Crippen molar-refractivity contribution >= 4 is 22.9 Å². The number of imidazole rings is 1. The van der Waals surface area contributed by atoms with E-state index in [1.54, 1.807) is 6.20 Å². The lowest BCUT2D eigenvalue weighted by atomic mass is 10.2. The van der Waals surface area contributed by atoms with E-state index in [4.69, 9.17) is 5.73 Å². The number of pyridine rings is 1. The first-order chi connectivity index (χ1) is 8.72. The van der Waals surface area contributed by atoms with Crippen molar-refractivity contribution in [3.63, 3.8) is 0 Å². The van der Waals surface area contributed by atoms with E-state index in [1.807, 2.05) is 28.9 Å². The number of thiazole rings is 1. The van der Waals surface area contributed by atoms with E-state index >= 15 is 0 Å². The van der Waals surface area contributed by atoms with Crippen molar-refractivity contribution in [1.82, 2.24) is 14.4 Å². The first kappa shape index (κ1) is 10.9. The average Bonchev–Trinajstić information content (AvgIpc) is 2.96. The lowest BCUT2D eigenvalue weighted by molar-refractivity contribution is 0.100. The van der Waals surface area contributed by atoms with Gasteiger partial charge in [-0.1, -0.05) is 6.07 Å². The van der Waals surface area contributed by atoms with Gasteiger partial charge in [0.25, 0.3) is 5.91 Å². The number of carbonyl (C=O) groups is 1. The van der Waals surface area contributed by atoms with Gasteiger partial charge >= 0.3 is 0 Å². The van der Waals surface area contributed by atoms with Crippen LogP contribution in [0.15, 0.2) is 36.9 Å². The van der Waals surface area contributed by atoms with E-state index in [9.17, 15) is 4.79 Å². The molecule has 3 aromatic rings. The van der Waals surface area contributed by atoms with Crippen LogP contribution in [-0.2, 0) is 6.42 Å². The van der Waals surface area contributed by atoms with Crippen LogP contribution in [0, 0.1) is 0 Å². The molecule has 0 fully saturated rings. The largest absolute Gasteiger partial charge is 0.365 e. The molecule has 0 atom stereocenters. The maximum atomic E-state index is 11.0. The Labute approximate surface area is 107 Å². The predicted molar refractivity (Wildman–Crippen MR) is 68.6 cm³/mol. The van der Waals surface area contributed by atoms with Gasteiger partial charge in [-0.05, 0) is 11.6 Å². The van der Waals surface area contributed by atoms with Crippen LogP contribution < -0.4 is 5.73 Å². The van der Waals surface area contributed by atoms with E-state index in [2.05, 4.69) is 9.97 Å². The Morgan fingerprint density at radius 3 is 3.06 bits per heavy atom. The molecule has 18 heavy (non-hydrogen) atoms. The molecule has 0 bridgehead atoms. The summed E-state index contributed by atoms with van der Waals surface area (Å²) in [7, 11) is 0. The zero-order valence-electron chi connectivity index (χ0n) is 9.41. The lowest BCUT2D eigenvalue weighted by Gasteiger charge is -1.99. The quantitative estimate of drug-likeness (QED) is 0.773. The molecule has 90 valence electrons. The summed E-state index contributed by atoms with van der Waals surface area (Å²) in [6, 6.07) is 3.96. The van der Waals surface area contributed by atoms with E-state index in [0.29, 0.717) is 11.3 Å². The molecule has 0 aliphatic heterocycles. The molecule has 3 rings (SSSR count). The van der Waals surface area contributed by atoms with Gasteiger partial charge in [-0.3, -0.25) is 4.79 Å². The Morgan fingerprint density at radius 1 is 1.39 bits per heavy atom. The number of amides is 1. The number of primary amides is 1. The second-order valence-electron chi connectivity index (χ2n) is 3.89. The van der Waals surface area contributed by atoms with Crippen LogP contribution in [0.25, 0.3) is 5.65 Å². The molecular weight excluding hydrogens is 248 g/mol. The molecule has 3 heterocycles. The maximum Gasteiger partial charge on any atom is 0.260 e. The van der Waals surface area contributed by atoms with Crippen LogP contribution in [0.5, 0.6) is 0 Å². The molecule has 6 heteroatoms. The smallest absolute Gasteiger partial charge is 0.260 e. The minimum atomic E-state index is -0.427. The zero-order chi connectivity index (χ0) is 12.5. The fourth-order valence-electron chi connectivity index (χ4n) is 1.75. The highest BCUT2D eigenvalue weighted by atomic mass is 32.1. The first-order valence-corrected chi connectivity index (χ1v) is 6.20. The second-order valence-corrected chi connectivity index (χ2v) is 5.00. The Balaban J connectivity index is 1.88. The third-order valence-electron chi connectivity index (χ3n) is 2.60. The highest BCUT2D eigenvalue weighted by Gasteiger charge is 2.07. The SMILES string of the molecule is NC(=O)c1cnc(Cc2ccc3nccn3c2)s1. The number of hydrogen-bond acceptors (Lipinski definition) is 4. The Bertz CT molecular complexity index is 716. The van der Waals surface area contributed by atoms with Gasteiger partial charge in [-0.2, -0.15) is 0 Å².